The molecule has 25 heavy (non-hydrogen) atoms. The van der Waals surface area contributed by atoms with Crippen LogP contribution in [0.2, 0.25) is 0 Å². The average Bonchev–Trinajstić information content (AvgIpc) is 2.61. The summed E-state index contributed by atoms with van der Waals surface area (Å²) < 4.78 is 10.7. The van der Waals surface area contributed by atoms with Crippen LogP contribution in [0.15, 0.2) is 57.7 Å². The van der Waals surface area contributed by atoms with E-state index in [0.717, 1.165) is 0 Å². The lowest BCUT2D eigenvalue weighted by Gasteiger charge is -2.24. The number of esters is 1. The number of hydrogen-bond donors (Lipinski definition) is 0. The van der Waals surface area contributed by atoms with Crippen LogP contribution in [0.5, 0.6) is 5.75 Å². The van der Waals surface area contributed by atoms with Gasteiger partial charge in [0, 0.05) is 18.1 Å². The zero-order chi connectivity index (χ0) is 17.6. The Hall–Kier alpha value is -3.48. The van der Waals surface area contributed by atoms with Gasteiger partial charge in [-0.15, -0.1) is 0 Å². The normalized spacial score (nSPS) is 16.3. The molecule has 4 rings (SSSR count). The van der Waals surface area contributed by atoms with Gasteiger partial charge < -0.3 is 9.15 Å². The van der Waals surface area contributed by atoms with Crippen molar-refractivity contribution < 1.29 is 18.9 Å². The van der Waals surface area contributed by atoms with Gasteiger partial charge in [0.05, 0.1) is 22.3 Å². The van der Waals surface area contributed by atoms with Gasteiger partial charge in [-0.2, -0.15) is 0 Å². The summed E-state index contributed by atoms with van der Waals surface area (Å²) in [4.78, 5) is 35.1. The molecule has 0 saturated carbocycles. The molecular weight excluding hydrogens is 326 g/mol. The summed E-state index contributed by atoms with van der Waals surface area (Å²) in [6.07, 6.45) is -0.0860. The Balaban J connectivity index is 1.98. The van der Waals surface area contributed by atoms with Gasteiger partial charge in [0.2, 0.25) is 0 Å². The van der Waals surface area contributed by atoms with E-state index < -0.39 is 22.4 Å². The predicted octanol–water partition coefficient (Wildman–Crippen LogP) is 3.14. The Bertz CT molecular complexity index is 1080. The first-order valence-corrected chi connectivity index (χ1v) is 7.55. The monoisotopic (exact) mass is 337 g/mol. The van der Waals surface area contributed by atoms with Crippen LogP contribution in [0.25, 0.3) is 11.0 Å². The summed E-state index contributed by atoms with van der Waals surface area (Å²) in [6.45, 7) is 0. The highest BCUT2D eigenvalue weighted by Crippen LogP contribution is 2.41. The highest BCUT2D eigenvalue weighted by molar-refractivity contribution is 5.90. The van der Waals surface area contributed by atoms with Crippen molar-refractivity contribution in [1.82, 2.24) is 0 Å². The quantitative estimate of drug-likeness (QED) is 0.308. The molecule has 3 aromatic rings. The molecule has 1 aliphatic rings. The van der Waals surface area contributed by atoms with Gasteiger partial charge >= 0.3 is 11.6 Å². The van der Waals surface area contributed by atoms with Crippen LogP contribution in [-0.2, 0) is 4.79 Å². The fourth-order valence-electron chi connectivity index (χ4n) is 3.11. The number of benzene rings is 2. The number of fused-ring (bicyclic) bond motifs is 3. The highest BCUT2D eigenvalue weighted by Gasteiger charge is 2.34. The fraction of sp³-hybridized carbons (Fsp3) is 0.111. The Morgan fingerprint density at radius 2 is 1.88 bits per heavy atom. The lowest BCUT2D eigenvalue weighted by Crippen LogP contribution is -2.26. The predicted molar refractivity (Wildman–Crippen MR) is 87.7 cm³/mol. The number of hydrogen-bond acceptors (Lipinski definition) is 6. The number of carbonyl (C=O) groups is 1. The van der Waals surface area contributed by atoms with Gasteiger partial charge in [-0.3, -0.25) is 14.9 Å². The van der Waals surface area contributed by atoms with Crippen LogP contribution in [0.3, 0.4) is 0 Å². The van der Waals surface area contributed by atoms with E-state index in [9.17, 15) is 19.7 Å². The highest BCUT2D eigenvalue weighted by atomic mass is 16.6. The number of para-hydroxylation sites is 1. The Morgan fingerprint density at radius 3 is 2.68 bits per heavy atom. The molecule has 0 fully saturated rings. The summed E-state index contributed by atoms with van der Waals surface area (Å²) in [5, 5.41) is 11.5. The largest absolute Gasteiger partial charge is 0.425 e. The fourth-order valence-corrected chi connectivity index (χ4v) is 3.11. The number of carbonyl (C=O) groups excluding carboxylic acids is 1. The molecule has 0 N–H and O–H groups in total. The molecule has 0 amide bonds. The second kappa shape index (κ2) is 5.55. The SMILES string of the molecule is O=C1CC(c2cccc([N+](=O)[O-])c2)c2c(c3ccccc3oc2=O)O1. The van der Waals surface area contributed by atoms with Gasteiger partial charge in [-0.1, -0.05) is 24.3 Å². The topological polar surface area (TPSA) is 99.6 Å². The van der Waals surface area contributed by atoms with Crippen molar-refractivity contribution in [2.24, 2.45) is 0 Å². The third-order valence-corrected chi connectivity index (χ3v) is 4.22. The van der Waals surface area contributed by atoms with Gasteiger partial charge in [0.1, 0.15) is 5.58 Å². The van der Waals surface area contributed by atoms with Crippen molar-refractivity contribution in [1.29, 1.82) is 0 Å². The molecule has 1 aliphatic heterocycles. The lowest BCUT2D eigenvalue weighted by atomic mass is 9.86. The Labute approximate surface area is 140 Å². The van der Waals surface area contributed by atoms with Crippen LogP contribution in [0, 0.1) is 10.1 Å². The van der Waals surface area contributed by atoms with Crippen molar-refractivity contribution in [3.63, 3.8) is 0 Å². The van der Waals surface area contributed by atoms with E-state index in [4.69, 9.17) is 9.15 Å². The van der Waals surface area contributed by atoms with Gasteiger partial charge in [0.15, 0.2) is 5.75 Å². The molecule has 0 radical (unpaired) electrons. The number of nitro benzene ring substituents is 1. The molecule has 2 heterocycles. The standard InChI is InChI=1S/C18H11NO6/c20-15-9-13(10-4-3-5-11(8-10)19(22)23)16-17(25-15)12-6-1-2-7-14(12)24-18(16)21/h1-8,13H,9H2. The van der Waals surface area contributed by atoms with Gasteiger partial charge in [0.25, 0.3) is 5.69 Å². The number of ether oxygens (including phenoxy) is 1. The van der Waals surface area contributed by atoms with Gasteiger partial charge in [-0.05, 0) is 17.7 Å². The summed E-state index contributed by atoms with van der Waals surface area (Å²) >= 11 is 0. The van der Waals surface area contributed by atoms with Crippen molar-refractivity contribution >= 4 is 22.6 Å². The molecular formula is C18H11NO6. The molecule has 0 spiro atoms. The molecule has 7 nitrogen and oxygen atoms in total. The third kappa shape index (κ3) is 2.46. The van der Waals surface area contributed by atoms with Crippen molar-refractivity contribution in [2.45, 2.75) is 12.3 Å². The molecule has 0 saturated heterocycles. The van der Waals surface area contributed by atoms with E-state index in [1.807, 2.05) is 0 Å². The second-order valence-electron chi connectivity index (χ2n) is 5.71. The minimum Gasteiger partial charge on any atom is -0.425 e. The van der Waals surface area contributed by atoms with E-state index in [1.54, 1.807) is 30.3 Å². The lowest BCUT2D eigenvalue weighted by molar-refractivity contribution is -0.384. The molecule has 0 bridgehead atoms. The summed E-state index contributed by atoms with van der Waals surface area (Å²) in [5.41, 5.74) is 0.299. The minimum atomic E-state index is -0.656. The number of rotatable bonds is 2. The molecule has 2 aromatic carbocycles. The number of non-ortho nitro benzene ring substituents is 1. The van der Waals surface area contributed by atoms with Crippen molar-refractivity contribution in [2.75, 3.05) is 0 Å². The van der Waals surface area contributed by atoms with Crippen LogP contribution in [-0.4, -0.2) is 10.9 Å². The first-order valence-electron chi connectivity index (χ1n) is 7.55. The molecule has 7 heteroatoms. The third-order valence-electron chi connectivity index (χ3n) is 4.22. The molecule has 1 unspecified atom stereocenters. The Kier molecular flexibility index (Phi) is 3.35. The molecule has 1 atom stereocenters. The summed E-state index contributed by atoms with van der Waals surface area (Å²) in [7, 11) is 0. The summed E-state index contributed by atoms with van der Waals surface area (Å²) in [6, 6.07) is 12.6. The van der Waals surface area contributed by atoms with E-state index in [0.29, 0.717) is 16.5 Å². The zero-order valence-electron chi connectivity index (χ0n) is 12.8. The smallest absolute Gasteiger partial charge is 0.343 e. The molecule has 0 aliphatic carbocycles. The van der Waals surface area contributed by atoms with E-state index in [2.05, 4.69) is 0 Å². The molecule has 1 aromatic heterocycles. The van der Waals surface area contributed by atoms with Crippen LogP contribution < -0.4 is 10.4 Å². The molecule has 124 valence electrons. The number of nitro groups is 1. The van der Waals surface area contributed by atoms with Crippen LogP contribution >= 0.6 is 0 Å². The minimum absolute atomic E-state index is 0.0860. The first-order chi connectivity index (χ1) is 12.0. The summed E-state index contributed by atoms with van der Waals surface area (Å²) in [5.74, 6) is -0.989. The maximum absolute atomic E-state index is 12.5. The van der Waals surface area contributed by atoms with E-state index in [-0.39, 0.29) is 23.4 Å². The number of nitrogens with zero attached hydrogens (tertiary/aromatic N) is 1. The average molecular weight is 337 g/mol. The van der Waals surface area contributed by atoms with Crippen LogP contribution in [0.4, 0.5) is 5.69 Å². The van der Waals surface area contributed by atoms with Crippen molar-refractivity contribution in [3.05, 3.63) is 80.2 Å². The van der Waals surface area contributed by atoms with Crippen molar-refractivity contribution in [3.8, 4) is 5.75 Å². The van der Waals surface area contributed by atoms with E-state index >= 15 is 0 Å². The maximum Gasteiger partial charge on any atom is 0.343 e. The Morgan fingerprint density at radius 1 is 1.08 bits per heavy atom. The maximum atomic E-state index is 12.5. The second-order valence-corrected chi connectivity index (χ2v) is 5.71. The van der Waals surface area contributed by atoms with Crippen LogP contribution in [0.1, 0.15) is 23.5 Å². The first kappa shape index (κ1) is 15.1. The van der Waals surface area contributed by atoms with Gasteiger partial charge in [-0.25, -0.2) is 4.79 Å². The van der Waals surface area contributed by atoms with E-state index in [1.165, 1.54) is 18.2 Å². The zero-order valence-corrected chi connectivity index (χ0v) is 12.8.